The summed E-state index contributed by atoms with van der Waals surface area (Å²) in [6, 6.07) is 10.8. The summed E-state index contributed by atoms with van der Waals surface area (Å²) in [5, 5.41) is 5.13. The molecule has 0 N–H and O–H groups in total. The van der Waals surface area contributed by atoms with Crippen LogP contribution in [-0.2, 0) is 6.42 Å². The van der Waals surface area contributed by atoms with E-state index in [2.05, 4.69) is 71.5 Å². The molecule has 2 aromatic rings. The Morgan fingerprint density at radius 1 is 0.944 bits per heavy atom. The van der Waals surface area contributed by atoms with Gasteiger partial charge in [-0.25, -0.2) is 0 Å². The third-order valence-electron chi connectivity index (χ3n) is 3.61. The van der Waals surface area contributed by atoms with Crippen LogP contribution in [0.3, 0.4) is 0 Å². The van der Waals surface area contributed by atoms with Crippen LogP contribution >= 0.6 is 0 Å². The third kappa shape index (κ3) is 1.34. The van der Waals surface area contributed by atoms with Crippen LogP contribution in [0, 0.1) is 0 Å². The molecule has 0 amide bonds. The van der Waals surface area contributed by atoms with Gasteiger partial charge in [0.05, 0.1) is 0 Å². The van der Waals surface area contributed by atoms with Crippen molar-refractivity contribution < 1.29 is 0 Å². The van der Waals surface area contributed by atoms with Crippen LogP contribution in [0.4, 0.5) is 0 Å². The maximum Gasteiger partial charge on any atom is 0.0491 e. The normalized spacial score (nSPS) is 14.9. The Bertz CT molecular complexity index is 892. The summed E-state index contributed by atoms with van der Waals surface area (Å²) < 4.78 is 2.29. The molecule has 86 valence electrons. The van der Waals surface area contributed by atoms with Crippen molar-refractivity contribution in [2.24, 2.45) is 0 Å². The lowest BCUT2D eigenvalue weighted by Crippen LogP contribution is -2.29. The first kappa shape index (κ1) is 9.72. The van der Waals surface area contributed by atoms with Crippen LogP contribution in [0.25, 0.3) is 24.4 Å². The highest BCUT2D eigenvalue weighted by molar-refractivity contribution is 5.63. The standard InChI is InChI=1S/C17H13N/c1-2-7-15-12-18-16(10-9-13(15)5-1)11-14-6-3-4-8-17(14)18/h1-5,7-12H,6H2. The number of hydrogen-bond donors (Lipinski definition) is 0. The summed E-state index contributed by atoms with van der Waals surface area (Å²) >= 11 is 0. The van der Waals surface area contributed by atoms with E-state index in [-0.39, 0.29) is 0 Å². The average molecular weight is 231 g/mol. The average Bonchev–Trinajstić information content (AvgIpc) is 2.65. The second-order valence-corrected chi connectivity index (χ2v) is 4.74. The summed E-state index contributed by atoms with van der Waals surface area (Å²) in [6.07, 6.45) is 14.2. The molecule has 1 nitrogen and oxygen atoms in total. The first-order valence-electron chi connectivity index (χ1n) is 6.28. The molecule has 2 heterocycles. The van der Waals surface area contributed by atoms with E-state index >= 15 is 0 Å². The molecular formula is C17H13N. The Morgan fingerprint density at radius 2 is 1.83 bits per heavy atom. The second-order valence-electron chi connectivity index (χ2n) is 4.74. The minimum atomic E-state index is 1.04. The maximum atomic E-state index is 2.29. The van der Waals surface area contributed by atoms with E-state index in [0.29, 0.717) is 0 Å². The molecule has 2 aliphatic rings. The van der Waals surface area contributed by atoms with Gasteiger partial charge in [-0.05, 0) is 40.6 Å². The van der Waals surface area contributed by atoms with Crippen LogP contribution in [0.15, 0.2) is 42.5 Å². The van der Waals surface area contributed by atoms with E-state index in [0.717, 1.165) is 6.42 Å². The van der Waals surface area contributed by atoms with Gasteiger partial charge in [0.2, 0.25) is 0 Å². The highest BCUT2D eigenvalue weighted by atomic mass is 14.9. The van der Waals surface area contributed by atoms with Crippen molar-refractivity contribution in [1.82, 2.24) is 4.57 Å². The number of aromatic nitrogens is 1. The zero-order chi connectivity index (χ0) is 11.9. The number of allylic oxidation sites excluding steroid dienone is 2. The molecule has 1 aliphatic heterocycles. The van der Waals surface area contributed by atoms with E-state index in [4.69, 9.17) is 0 Å². The van der Waals surface area contributed by atoms with Crippen molar-refractivity contribution in [2.75, 3.05) is 0 Å². The molecule has 0 saturated heterocycles. The van der Waals surface area contributed by atoms with Crippen LogP contribution in [0.1, 0.15) is 5.56 Å². The third-order valence-corrected chi connectivity index (χ3v) is 3.61. The molecule has 0 spiro atoms. The van der Waals surface area contributed by atoms with Gasteiger partial charge >= 0.3 is 0 Å². The topological polar surface area (TPSA) is 4.93 Å². The maximum absolute atomic E-state index is 2.29. The molecule has 0 unspecified atom stereocenters. The van der Waals surface area contributed by atoms with Crippen LogP contribution < -0.4 is 21.1 Å². The number of benzene rings is 1. The second kappa shape index (κ2) is 3.61. The fourth-order valence-corrected chi connectivity index (χ4v) is 2.69. The lowest BCUT2D eigenvalue weighted by Gasteiger charge is -2.00. The monoisotopic (exact) mass is 231 g/mol. The predicted octanol–water partition coefficient (Wildman–Crippen LogP) is 0.242. The number of hydrogen-bond acceptors (Lipinski definition) is 0. The molecule has 1 heteroatoms. The summed E-state index contributed by atoms with van der Waals surface area (Å²) in [7, 11) is 0. The molecule has 0 radical (unpaired) electrons. The van der Waals surface area contributed by atoms with E-state index in [1.165, 1.54) is 26.7 Å². The predicted molar refractivity (Wildman–Crippen MR) is 75.5 cm³/mol. The number of nitrogens with zero attached hydrogens (tertiary/aromatic N) is 1. The molecule has 0 atom stereocenters. The van der Waals surface area contributed by atoms with Gasteiger partial charge in [0.1, 0.15) is 0 Å². The zero-order valence-electron chi connectivity index (χ0n) is 10.0. The first-order chi connectivity index (χ1) is 8.92. The summed E-state index contributed by atoms with van der Waals surface area (Å²) in [5.74, 6) is 0. The quantitative estimate of drug-likeness (QED) is 0.612. The van der Waals surface area contributed by atoms with Crippen molar-refractivity contribution in [3.63, 3.8) is 0 Å². The van der Waals surface area contributed by atoms with Gasteiger partial charge in [0, 0.05) is 16.9 Å². The van der Waals surface area contributed by atoms with Crippen LogP contribution in [-0.4, -0.2) is 4.57 Å². The van der Waals surface area contributed by atoms with Crippen molar-refractivity contribution in [3.05, 3.63) is 69.2 Å². The van der Waals surface area contributed by atoms with Gasteiger partial charge < -0.3 is 4.57 Å². The van der Waals surface area contributed by atoms with E-state index in [1.54, 1.807) is 0 Å². The van der Waals surface area contributed by atoms with Crippen molar-refractivity contribution in [1.29, 1.82) is 0 Å². The van der Waals surface area contributed by atoms with E-state index in [1.807, 2.05) is 0 Å². The van der Waals surface area contributed by atoms with Gasteiger partial charge in [-0.2, -0.15) is 0 Å². The van der Waals surface area contributed by atoms with Gasteiger partial charge in [-0.3, -0.25) is 0 Å². The zero-order valence-corrected chi connectivity index (χ0v) is 10.0. The Labute approximate surface area is 105 Å². The number of fused-ring (bicyclic) bond motifs is 4. The Kier molecular flexibility index (Phi) is 1.95. The molecule has 0 fully saturated rings. The Morgan fingerprint density at radius 3 is 2.78 bits per heavy atom. The summed E-state index contributed by atoms with van der Waals surface area (Å²) in [4.78, 5) is 0. The molecule has 1 aliphatic carbocycles. The molecule has 18 heavy (non-hydrogen) atoms. The SMILES string of the molecule is C1=CCc2cc3n(c2=C1)C=c1ccccc1=CC=3. The molecule has 0 bridgehead atoms. The van der Waals surface area contributed by atoms with Gasteiger partial charge in [0.25, 0.3) is 0 Å². The first-order valence-corrected chi connectivity index (χ1v) is 6.28. The van der Waals surface area contributed by atoms with Crippen LogP contribution in [0.2, 0.25) is 0 Å². The lowest BCUT2D eigenvalue weighted by atomic mass is 10.1. The van der Waals surface area contributed by atoms with E-state index < -0.39 is 0 Å². The minimum Gasteiger partial charge on any atom is -0.316 e. The molecule has 0 saturated carbocycles. The highest BCUT2D eigenvalue weighted by Crippen LogP contribution is 1.98. The van der Waals surface area contributed by atoms with Crippen LogP contribution in [0.5, 0.6) is 0 Å². The van der Waals surface area contributed by atoms with Gasteiger partial charge in [0.15, 0.2) is 0 Å². The van der Waals surface area contributed by atoms with E-state index in [9.17, 15) is 0 Å². The minimum absolute atomic E-state index is 1.04. The molecule has 1 aromatic carbocycles. The molecule has 1 aromatic heterocycles. The summed E-state index contributed by atoms with van der Waals surface area (Å²) in [6.45, 7) is 0. The highest BCUT2D eigenvalue weighted by Gasteiger charge is 2.05. The van der Waals surface area contributed by atoms with Gasteiger partial charge in [-0.1, -0.05) is 42.5 Å². The van der Waals surface area contributed by atoms with Crippen molar-refractivity contribution >= 4 is 24.4 Å². The fourth-order valence-electron chi connectivity index (χ4n) is 2.69. The largest absolute Gasteiger partial charge is 0.316 e. The molecule has 4 rings (SSSR count). The summed E-state index contributed by atoms with van der Waals surface area (Å²) in [5.41, 5.74) is 1.41. The fraction of sp³-hybridized carbons (Fsp3) is 0.0588. The smallest absolute Gasteiger partial charge is 0.0491 e. The molecular weight excluding hydrogens is 218 g/mol. The van der Waals surface area contributed by atoms with Crippen molar-refractivity contribution in [2.45, 2.75) is 6.42 Å². The Hall–Kier alpha value is -2.28. The number of rotatable bonds is 0. The Balaban J connectivity index is 2.18. The lowest BCUT2D eigenvalue weighted by molar-refractivity contribution is 1.04. The van der Waals surface area contributed by atoms with Gasteiger partial charge in [-0.15, -0.1) is 0 Å². The van der Waals surface area contributed by atoms with Crippen molar-refractivity contribution in [3.8, 4) is 0 Å².